The summed E-state index contributed by atoms with van der Waals surface area (Å²) in [5.74, 6) is 0.365. The zero-order chi connectivity index (χ0) is 35.9. The fourth-order valence-electron chi connectivity index (χ4n) is 8.22. The number of ether oxygens (including phenoxy) is 1. The van der Waals surface area contributed by atoms with E-state index in [0.29, 0.717) is 59.2 Å². The number of amides is 4. The Balaban J connectivity index is 0.820. The van der Waals surface area contributed by atoms with E-state index in [1.807, 2.05) is 18.2 Å². The molecular formula is C39H42ClN7O5. The summed E-state index contributed by atoms with van der Waals surface area (Å²) in [6.07, 6.45) is 7.52. The predicted molar refractivity (Wildman–Crippen MR) is 198 cm³/mol. The second kappa shape index (κ2) is 14.2. The van der Waals surface area contributed by atoms with Gasteiger partial charge >= 0.3 is 0 Å². The third-order valence-electron chi connectivity index (χ3n) is 11.1. The number of rotatable bonds is 9. The number of likely N-dealkylation sites (tertiary alicyclic amines) is 1. The summed E-state index contributed by atoms with van der Waals surface area (Å²) in [5, 5.41) is 6.57. The van der Waals surface area contributed by atoms with E-state index in [2.05, 4.69) is 49.6 Å². The number of anilines is 2. The molecule has 2 atom stereocenters. The number of piperidine rings is 2. The van der Waals surface area contributed by atoms with E-state index in [4.69, 9.17) is 16.3 Å². The topological polar surface area (TPSA) is 140 Å². The summed E-state index contributed by atoms with van der Waals surface area (Å²) in [6.45, 7) is 3.69. The van der Waals surface area contributed by atoms with E-state index in [1.165, 1.54) is 12.1 Å². The van der Waals surface area contributed by atoms with Crippen molar-refractivity contribution in [1.82, 2.24) is 25.1 Å². The van der Waals surface area contributed by atoms with Crippen molar-refractivity contribution in [1.29, 1.82) is 0 Å². The van der Waals surface area contributed by atoms with Gasteiger partial charge in [-0.2, -0.15) is 0 Å². The summed E-state index contributed by atoms with van der Waals surface area (Å²) in [6, 6.07) is 14.7. The van der Waals surface area contributed by atoms with E-state index in [-0.39, 0.29) is 24.1 Å². The number of imide groups is 1. The summed E-state index contributed by atoms with van der Waals surface area (Å²) >= 11 is 6.56. The largest absolute Gasteiger partial charge is 0.494 e. The second-order valence-electron chi connectivity index (χ2n) is 14.4. The highest BCUT2D eigenvalue weighted by Gasteiger charge is 2.40. The lowest BCUT2D eigenvalue weighted by Crippen LogP contribution is -2.52. The molecule has 6 heterocycles. The van der Waals surface area contributed by atoms with E-state index in [0.717, 1.165) is 67.5 Å². The molecule has 4 amide bonds. The summed E-state index contributed by atoms with van der Waals surface area (Å²) < 4.78 is 6.06. The Morgan fingerprint density at radius 3 is 2.63 bits per heavy atom. The fraction of sp³-hybridized carbons (Fsp3) is 0.410. The van der Waals surface area contributed by atoms with Gasteiger partial charge in [-0.25, -0.2) is 4.98 Å². The van der Waals surface area contributed by atoms with E-state index < -0.39 is 11.9 Å². The van der Waals surface area contributed by atoms with Crippen LogP contribution >= 0.6 is 11.6 Å². The van der Waals surface area contributed by atoms with Crippen molar-refractivity contribution < 1.29 is 23.9 Å². The van der Waals surface area contributed by atoms with Crippen molar-refractivity contribution in [2.45, 2.75) is 63.6 Å². The van der Waals surface area contributed by atoms with Gasteiger partial charge in [0, 0.05) is 72.3 Å². The monoisotopic (exact) mass is 723 g/mol. The van der Waals surface area contributed by atoms with Crippen LogP contribution in [-0.2, 0) is 16.1 Å². The smallest absolute Gasteiger partial charge is 0.258 e. The number of aromatic nitrogens is 2. The lowest BCUT2D eigenvalue weighted by molar-refractivity contribution is -0.136. The van der Waals surface area contributed by atoms with Gasteiger partial charge in [-0.05, 0) is 94.4 Å². The first kappa shape index (κ1) is 34.2. The van der Waals surface area contributed by atoms with E-state index in [9.17, 15) is 19.2 Å². The number of pyridine rings is 1. The molecule has 0 radical (unpaired) electrons. The van der Waals surface area contributed by atoms with Crippen LogP contribution < -0.4 is 20.3 Å². The Morgan fingerprint density at radius 1 is 1.02 bits per heavy atom. The number of benzene rings is 2. The molecule has 2 aromatic heterocycles. The van der Waals surface area contributed by atoms with Crippen molar-refractivity contribution in [2.75, 3.05) is 43.5 Å². The number of aromatic amines is 1. The minimum atomic E-state index is -0.625. The number of fused-ring (bicyclic) bond motifs is 2. The number of H-pyrrole nitrogens is 1. The average Bonchev–Trinajstić information content (AvgIpc) is 3.85. The minimum absolute atomic E-state index is 0.153. The first-order chi connectivity index (χ1) is 25.2. The highest BCUT2D eigenvalue weighted by molar-refractivity contribution is 6.34. The number of hydrogen-bond donors (Lipinski definition) is 3. The van der Waals surface area contributed by atoms with Crippen LogP contribution in [0.5, 0.6) is 5.75 Å². The molecule has 4 aliphatic rings. The van der Waals surface area contributed by atoms with Gasteiger partial charge in [0.05, 0.1) is 22.7 Å². The van der Waals surface area contributed by atoms with Crippen LogP contribution in [0.25, 0.3) is 10.9 Å². The van der Waals surface area contributed by atoms with Crippen LogP contribution in [0.3, 0.4) is 0 Å². The molecule has 2 aromatic carbocycles. The van der Waals surface area contributed by atoms with Gasteiger partial charge in [-0.1, -0.05) is 17.7 Å². The quantitative estimate of drug-likeness (QED) is 0.188. The lowest BCUT2D eigenvalue weighted by Gasteiger charge is -2.35. The van der Waals surface area contributed by atoms with Gasteiger partial charge in [-0.15, -0.1) is 0 Å². The van der Waals surface area contributed by atoms with Crippen molar-refractivity contribution in [2.24, 2.45) is 5.92 Å². The zero-order valence-corrected chi connectivity index (χ0v) is 29.9. The number of halogens is 1. The predicted octanol–water partition coefficient (Wildman–Crippen LogP) is 5.68. The standard InChI is InChI=1S/C39H42ClN7O5/c1-45-14-3-6-33(45)31-18-24-21-41-35(20-30(24)42-31)43-37(49)27-8-7-25(19-29(27)40)52-17-13-23-11-15-46(16-12-23)32-5-2-4-26-28(32)22-47(39(26)51)34-9-10-36(48)44-38(34)50/h2,4-5,7-8,18-21,23,33-34,42H,3,6,9-17,22H2,1H3,(H,41,43,49)(H,44,48,50)/t33-,34?/m1/s1. The molecule has 4 aliphatic heterocycles. The summed E-state index contributed by atoms with van der Waals surface area (Å²) in [4.78, 5) is 64.8. The molecule has 0 saturated carbocycles. The van der Waals surface area contributed by atoms with Gasteiger partial charge in [0.15, 0.2) is 0 Å². The number of carbonyl (C=O) groups is 4. The number of nitrogens with zero attached hydrogens (tertiary/aromatic N) is 4. The highest BCUT2D eigenvalue weighted by Crippen LogP contribution is 2.37. The molecule has 13 heteroatoms. The average molecular weight is 724 g/mol. The molecule has 0 bridgehead atoms. The molecule has 12 nitrogen and oxygen atoms in total. The highest BCUT2D eigenvalue weighted by atomic mass is 35.5. The number of nitrogens with one attached hydrogen (secondary N) is 3. The first-order valence-electron chi connectivity index (χ1n) is 18.2. The van der Waals surface area contributed by atoms with Crippen LogP contribution in [0.4, 0.5) is 11.5 Å². The van der Waals surface area contributed by atoms with Crippen LogP contribution in [0.15, 0.2) is 54.7 Å². The lowest BCUT2D eigenvalue weighted by atomic mass is 9.93. The van der Waals surface area contributed by atoms with Gasteiger partial charge in [0.1, 0.15) is 17.6 Å². The third-order valence-corrected chi connectivity index (χ3v) is 11.5. The zero-order valence-electron chi connectivity index (χ0n) is 29.1. The Bertz CT molecular complexity index is 2060. The van der Waals surface area contributed by atoms with Gasteiger partial charge in [-0.3, -0.25) is 29.4 Å². The molecule has 8 rings (SSSR count). The SMILES string of the molecule is CN1CCC[C@@H]1c1cc2cnc(NC(=O)c3ccc(OCCC4CCN(c5cccc6c5CN(C5CCC(=O)NC5=O)C6=O)CC4)cc3Cl)cc2[nH]1. The van der Waals surface area contributed by atoms with Gasteiger partial charge in [0.2, 0.25) is 11.8 Å². The maximum absolute atomic E-state index is 13.3. The number of hydrogen-bond acceptors (Lipinski definition) is 8. The molecule has 3 fully saturated rings. The molecular weight excluding hydrogens is 682 g/mol. The molecule has 270 valence electrons. The molecule has 3 saturated heterocycles. The van der Waals surface area contributed by atoms with Crippen LogP contribution in [0, 0.1) is 5.92 Å². The van der Waals surface area contributed by atoms with Crippen LogP contribution in [0.1, 0.15) is 83.0 Å². The molecule has 0 aliphatic carbocycles. The van der Waals surface area contributed by atoms with E-state index >= 15 is 0 Å². The van der Waals surface area contributed by atoms with Gasteiger partial charge < -0.3 is 24.8 Å². The molecule has 0 spiro atoms. The van der Waals surface area contributed by atoms with E-state index in [1.54, 1.807) is 29.3 Å². The van der Waals surface area contributed by atoms with Crippen molar-refractivity contribution in [3.8, 4) is 5.75 Å². The molecule has 1 unspecified atom stereocenters. The summed E-state index contributed by atoms with van der Waals surface area (Å²) in [5.41, 5.74) is 5.07. The fourth-order valence-corrected chi connectivity index (χ4v) is 8.48. The Morgan fingerprint density at radius 2 is 1.87 bits per heavy atom. The first-order valence-corrected chi connectivity index (χ1v) is 18.5. The Hall–Kier alpha value is -4.94. The second-order valence-corrected chi connectivity index (χ2v) is 14.8. The van der Waals surface area contributed by atoms with Crippen molar-refractivity contribution in [3.05, 3.63) is 82.1 Å². The normalized spacial score (nSPS) is 21.2. The molecule has 52 heavy (non-hydrogen) atoms. The minimum Gasteiger partial charge on any atom is -0.494 e. The Labute approximate surface area is 306 Å². The maximum atomic E-state index is 13.3. The van der Waals surface area contributed by atoms with Crippen molar-refractivity contribution >= 4 is 57.6 Å². The molecule has 4 aromatic rings. The maximum Gasteiger partial charge on any atom is 0.258 e. The third kappa shape index (κ3) is 6.72. The van der Waals surface area contributed by atoms with Crippen molar-refractivity contribution in [3.63, 3.8) is 0 Å². The Kier molecular flexibility index (Phi) is 9.35. The van der Waals surface area contributed by atoms with Crippen LogP contribution in [0.2, 0.25) is 5.02 Å². The molecule has 3 N–H and O–H groups in total. The number of carbonyl (C=O) groups excluding carboxylic acids is 4. The van der Waals surface area contributed by atoms with Gasteiger partial charge in [0.25, 0.3) is 11.8 Å². The van der Waals surface area contributed by atoms with Crippen LogP contribution in [-0.4, -0.2) is 82.7 Å². The summed E-state index contributed by atoms with van der Waals surface area (Å²) in [7, 11) is 2.14.